The predicted molar refractivity (Wildman–Crippen MR) is 68.2 cm³/mol. The van der Waals surface area contributed by atoms with Gasteiger partial charge in [0.25, 0.3) is 0 Å². The average molecular weight is 218 g/mol. The van der Waals surface area contributed by atoms with E-state index >= 15 is 0 Å². The maximum Gasteiger partial charge on any atom is 0.00693 e. The topological polar surface area (TPSA) is 15.3 Å². The third-order valence-electron chi connectivity index (χ3n) is 2.18. The van der Waals surface area contributed by atoms with Gasteiger partial charge in [-0.15, -0.1) is 0 Å². The summed E-state index contributed by atoms with van der Waals surface area (Å²) in [7, 11) is 2.21. The van der Waals surface area contributed by atoms with Crippen LogP contribution in [-0.2, 0) is 0 Å². The van der Waals surface area contributed by atoms with Crippen LogP contribution in [0.5, 0.6) is 0 Å². The Bertz CT molecular complexity index is 128. The smallest absolute Gasteiger partial charge is 0.00693 e. The lowest BCUT2D eigenvalue weighted by Gasteiger charge is -2.22. The van der Waals surface area contributed by atoms with Crippen LogP contribution in [0, 0.1) is 5.92 Å². The molecule has 0 saturated heterocycles. The van der Waals surface area contributed by atoms with Crippen LogP contribution in [0.4, 0.5) is 0 Å². The summed E-state index contributed by atoms with van der Waals surface area (Å²) in [5.74, 6) is 1.98. The molecule has 14 heavy (non-hydrogen) atoms. The zero-order chi connectivity index (χ0) is 11.0. The minimum absolute atomic E-state index is 0.606. The summed E-state index contributed by atoms with van der Waals surface area (Å²) in [6.07, 6.45) is 2.16. The van der Waals surface area contributed by atoms with E-state index in [1.165, 1.54) is 18.8 Å². The highest BCUT2D eigenvalue weighted by Crippen LogP contribution is 1.99. The van der Waals surface area contributed by atoms with Crippen LogP contribution in [0.2, 0.25) is 0 Å². The molecule has 0 spiro atoms. The molecule has 86 valence electrons. The third kappa shape index (κ3) is 8.85. The first-order valence-corrected chi connectivity index (χ1v) is 6.86. The number of thioether (sulfide) groups is 1. The Balaban J connectivity index is 3.44. The first kappa shape index (κ1) is 14.3. The van der Waals surface area contributed by atoms with Crippen LogP contribution in [-0.4, -0.2) is 49.6 Å². The summed E-state index contributed by atoms with van der Waals surface area (Å²) < 4.78 is 0. The van der Waals surface area contributed by atoms with Crippen molar-refractivity contribution in [3.05, 3.63) is 0 Å². The summed E-state index contributed by atoms with van der Waals surface area (Å²) in [6.45, 7) is 10.2. The molecule has 2 nitrogen and oxygen atoms in total. The zero-order valence-electron chi connectivity index (χ0n) is 10.3. The van der Waals surface area contributed by atoms with E-state index in [1.807, 2.05) is 11.8 Å². The van der Waals surface area contributed by atoms with Crippen LogP contribution in [0.25, 0.3) is 0 Å². The van der Waals surface area contributed by atoms with Crippen LogP contribution < -0.4 is 5.32 Å². The van der Waals surface area contributed by atoms with E-state index in [-0.39, 0.29) is 0 Å². The Hall–Kier alpha value is 0.270. The number of rotatable bonds is 8. The van der Waals surface area contributed by atoms with Gasteiger partial charge in [0.05, 0.1) is 0 Å². The van der Waals surface area contributed by atoms with Gasteiger partial charge < -0.3 is 10.2 Å². The molecule has 0 aromatic rings. The number of nitrogens with zero attached hydrogens (tertiary/aromatic N) is 1. The second-order valence-electron chi connectivity index (χ2n) is 4.42. The van der Waals surface area contributed by atoms with Gasteiger partial charge in [-0.1, -0.05) is 20.8 Å². The molecule has 0 radical (unpaired) electrons. The molecule has 0 saturated carbocycles. The van der Waals surface area contributed by atoms with Gasteiger partial charge in [-0.05, 0) is 25.8 Å². The van der Waals surface area contributed by atoms with E-state index < -0.39 is 0 Å². The van der Waals surface area contributed by atoms with Crippen molar-refractivity contribution < 1.29 is 0 Å². The Morgan fingerprint density at radius 1 is 1.29 bits per heavy atom. The van der Waals surface area contributed by atoms with Crippen molar-refractivity contribution >= 4 is 11.8 Å². The molecule has 0 bridgehead atoms. The molecule has 0 aromatic heterocycles. The monoisotopic (exact) mass is 218 g/mol. The van der Waals surface area contributed by atoms with Gasteiger partial charge >= 0.3 is 0 Å². The predicted octanol–water partition coefficient (Wildman–Crippen LogP) is 1.92. The fourth-order valence-electron chi connectivity index (χ4n) is 1.37. The van der Waals surface area contributed by atoms with Crippen molar-refractivity contribution in [1.29, 1.82) is 0 Å². The lowest BCUT2D eigenvalue weighted by molar-refractivity contribution is 0.292. The van der Waals surface area contributed by atoms with E-state index in [0.717, 1.165) is 12.5 Å². The molecule has 1 unspecified atom stereocenters. The lowest BCUT2D eigenvalue weighted by atomic mass is 10.1. The van der Waals surface area contributed by atoms with Crippen molar-refractivity contribution in [3.8, 4) is 0 Å². The molecule has 0 aliphatic carbocycles. The highest BCUT2D eigenvalue weighted by molar-refractivity contribution is 7.98. The second-order valence-corrected chi connectivity index (χ2v) is 5.41. The van der Waals surface area contributed by atoms with Gasteiger partial charge in [0.1, 0.15) is 0 Å². The van der Waals surface area contributed by atoms with Crippen molar-refractivity contribution in [2.75, 3.05) is 38.7 Å². The Morgan fingerprint density at radius 2 is 1.93 bits per heavy atom. The van der Waals surface area contributed by atoms with Crippen molar-refractivity contribution in [3.63, 3.8) is 0 Å². The van der Waals surface area contributed by atoms with Crippen molar-refractivity contribution in [2.24, 2.45) is 5.92 Å². The largest absolute Gasteiger partial charge is 0.314 e. The van der Waals surface area contributed by atoms with Gasteiger partial charge in [0, 0.05) is 24.9 Å². The van der Waals surface area contributed by atoms with Gasteiger partial charge in [-0.25, -0.2) is 0 Å². The first-order chi connectivity index (χ1) is 6.56. The van der Waals surface area contributed by atoms with Crippen LogP contribution in [0.3, 0.4) is 0 Å². The molecule has 1 N–H and O–H groups in total. The molecular weight excluding hydrogens is 192 g/mol. The van der Waals surface area contributed by atoms with E-state index in [4.69, 9.17) is 0 Å². The molecule has 0 aromatic carbocycles. The fourth-order valence-corrected chi connectivity index (χ4v) is 1.87. The lowest BCUT2D eigenvalue weighted by Crippen LogP contribution is -2.34. The molecule has 0 rings (SSSR count). The van der Waals surface area contributed by atoms with Crippen molar-refractivity contribution in [2.45, 2.75) is 26.8 Å². The summed E-state index contributed by atoms with van der Waals surface area (Å²) in [6, 6.07) is 0.606. The van der Waals surface area contributed by atoms with E-state index in [0.29, 0.717) is 6.04 Å². The molecule has 1 atom stereocenters. The molecule has 0 aliphatic rings. The van der Waals surface area contributed by atoms with E-state index in [9.17, 15) is 0 Å². The summed E-state index contributed by atoms with van der Waals surface area (Å²) in [4.78, 5) is 2.42. The minimum atomic E-state index is 0.606. The van der Waals surface area contributed by atoms with Crippen LogP contribution in [0.15, 0.2) is 0 Å². The molecule has 0 aliphatic heterocycles. The zero-order valence-corrected chi connectivity index (χ0v) is 11.2. The number of hydrogen-bond donors (Lipinski definition) is 1. The van der Waals surface area contributed by atoms with Gasteiger partial charge in [-0.2, -0.15) is 11.8 Å². The second kappa shape index (κ2) is 8.57. The third-order valence-corrected chi connectivity index (χ3v) is 2.77. The highest BCUT2D eigenvalue weighted by Gasteiger charge is 2.06. The van der Waals surface area contributed by atoms with Crippen molar-refractivity contribution in [1.82, 2.24) is 10.2 Å². The molecule has 0 fully saturated rings. The average Bonchev–Trinajstić information content (AvgIpc) is 2.11. The highest BCUT2D eigenvalue weighted by atomic mass is 32.2. The van der Waals surface area contributed by atoms with Gasteiger partial charge in [-0.3, -0.25) is 0 Å². The Morgan fingerprint density at radius 3 is 2.43 bits per heavy atom. The first-order valence-electron chi connectivity index (χ1n) is 5.47. The normalized spacial score (nSPS) is 13.9. The molecule has 3 heteroatoms. The standard InChI is InChI=1S/C11H26N2S/c1-10(2)12-8-11(3)9-13(4)6-7-14-5/h10-12H,6-9H2,1-5H3. The Labute approximate surface area is 93.8 Å². The fraction of sp³-hybridized carbons (Fsp3) is 1.00. The summed E-state index contributed by atoms with van der Waals surface area (Å²) in [5, 5.41) is 3.47. The maximum atomic E-state index is 3.47. The van der Waals surface area contributed by atoms with Crippen LogP contribution in [0.1, 0.15) is 20.8 Å². The maximum absolute atomic E-state index is 3.47. The SMILES string of the molecule is CSCCN(C)CC(C)CNC(C)C. The van der Waals surface area contributed by atoms with Gasteiger partial charge in [0.15, 0.2) is 0 Å². The number of hydrogen-bond acceptors (Lipinski definition) is 3. The van der Waals surface area contributed by atoms with E-state index in [2.05, 4.69) is 44.3 Å². The summed E-state index contributed by atoms with van der Waals surface area (Å²) >= 11 is 1.92. The number of nitrogens with one attached hydrogen (secondary N) is 1. The molecule has 0 heterocycles. The van der Waals surface area contributed by atoms with Gasteiger partial charge in [0.2, 0.25) is 0 Å². The molecule has 0 amide bonds. The van der Waals surface area contributed by atoms with Crippen LogP contribution >= 0.6 is 11.8 Å². The minimum Gasteiger partial charge on any atom is -0.314 e. The Kier molecular flexibility index (Phi) is 8.73. The van der Waals surface area contributed by atoms with E-state index in [1.54, 1.807) is 0 Å². The quantitative estimate of drug-likeness (QED) is 0.670. The molecular formula is C11H26N2S. The summed E-state index contributed by atoms with van der Waals surface area (Å²) in [5.41, 5.74) is 0.